The first-order valence-corrected chi connectivity index (χ1v) is 6.54. The normalized spacial score (nSPS) is 12.6. The van der Waals surface area contributed by atoms with Crippen molar-refractivity contribution in [1.29, 1.82) is 0 Å². The molecule has 1 heterocycles. The van der Waals surface area contributed by atoms with E-state index < -0.39 is 0 Å². The highest BCUT2D eigenvalue weighted by atomic mass is 32.1. The van der Waals surface area contributed by atoms with Gasteiger partial charge in [0.25, 0.3) is 0 Å². The quantitative estimate of drug-likeness (QED) is 0.871. The van der Waals surface area contributed by atoms with Crippen molar-refractivity contribution in [3.05, 3.63) is 57.5 Å². The van der Waals surface area contributed by atoms with E-state index >= 15 is 0 Å². The average molecular weight is 249 g/mol. The van der Waals surface area contributed by atoms with Crippen molar-refractivity contribution in [2.75, 3.05) is 7.05 Å². The summed E-state index contributed by atoms with van der Waals surface area (Å²) in [7, 11) is 1.97. The van der Waals surface area contributed by atoms with Gasteiger partial charge in [-0.2, -0.15) is 0 Å². The first kappa shape index (κ1) is 12.3. The minimum absolute atomic E-state index is 0.179. The van der Waals surface area contributed by atoms with Gasteiger partial charge in [0.15, 0.2) is 0 Å². The summed E-state index contributed by atoms with van der Waals surface area (Å²) in [6.07, 6.45) is 0.887. The maximum absolute atomic E-state index is 12.8. The number of aryl methyl sites for hydroxylation is 1. The summed E-state index contributed by atoms with van der Waals surface area (Å²) in [5.41, 5.74) is 2.47. The van der Waals surface area contributed by atoms with Crippen LogP contribution in [0.25, 0.3) is 0 Å². The SMILES string of the molecule is CNC(Cc1ccc(F)cc1)c1sccc1C. The van der Waals surface area contributed by atoms with Crippen LogP contribution in [0, 0.1) is 12.7 Å². The number of nitrogens with one attached hydrogen (secondary N) is 1. The highest BCUT2D eigenvalue weighted by molar-refractivity contribution is 7.10. The molecule has 0 spiro atoms. The largest absolute Gasteiger partial charge is 0.312 e. The second-order valence-electron chi connectivity index (χ2n) is 4.14. The van der Waals surface area contributed by atoms with Gasteiger partial charge < -0.3 is 5.32 Å². The highest BCUT2D eigenvalue weighted by Crippen LogP contribution is 2.26. The van der Waals surface area contributed by atoms with Crippen LogP contribution in [0.15, 0.2) is 35.7 Å². The van der Waals surface area contributed by atoms with E-state index in [0.717, 1.165) is 12.0 Å². The Balaban J connectivity index is 2.16. The van der Waals surface area contributed by atoms with Gasteiger partial charge in [-0.25, -0.2) is 4.39 Å². The molecule has 0 aliphatic carbocycles. The molecule has 90 valence electrons. The van der Waals surface area contributed by atoms with Crippen LogP contribution < -0.4 is 5.32 Å². The van der Waals surface area contributed by atoms with Gasteiger partial charge in [-0.05, 0) is 55.1 Å². The van der Waals surface area contributed by atoms with E-state index in [-0.39, 0.29) is 5.82 Å². The van der Waals surface area contributed by atoms with Crippen molar-refractivity contribution in [1.82, 2.24) is 5.32 Å². The Kier molecular flexibility index (Phi) is 3.92. The van der Waals surface area contributed by atoms with Crippen LogP contribution in [0.2, 0.25) is 0 Å². The molecule has 3 heteroatoms. The van der Waals surface area contributed by atoms with Crippen molar-refractivity contribution in [3.63, 3.8) is 0 Å². The number of likely N-dealkylation sites (N-methyl/N-ethyl adjacent to an activating group) is 1. The smallest absolute Gasteiger partial charge is 0.123 e. The average Bonchev–Trinajstić information content (AvgIpc) is 2.75. The van der Waals surface area contributed by atoms with Crippen LogP contribution in [0.4, 0.5) is 4.39 Å². The fourth-order valence-corrected chi connectivity index (χ4v) is 2.96. The van der Waals surface area contributed by atoms with Gasteiger partial charge >= 0.3 is 0 Å². The summed E-state index contributed by atoms with van der Waals surface area (Å²) in [5, 5.41) is 5.44. The predicted octanol–water partition coefficient (Wildman–Crippen LogP) is 3.70. The second-order valence-corrected chi connectivity index (χ2v) is 5.09. The molecule has 1 aromatic carbocycles. The molecule has 17 heavy (non-hydrogen) atoms. The lowest BCUT2D eigenvalue weighted by molar-refractivity contribution is 0.595. The van der Waals surface area contributed by atoms with Gasteiger partial charge in [-0.1, -0.05) is 12.1 Å². The summed E-state index contributed by atoms with van der Waals surface area (Å²) in [4.78, 5) is 1.36. The molecule has 0 saturated carbocycles. The number of halogens is 1. The lowest BCUT2D eigenvalue weighted by atomic mass is 10.0. The Bertz CT molecular complexity index is 475. The van der Waals surface area contributed by atoms with E-state index in [1.165, 1.54) is 22.6 Å². The highest BCUT2D eigenvalue weighted by Gasteiger charge is 2.13. The molecule has 2 rings (SSSR count). The molecular formula is C14H16FNS. The molecule has 0 fully saturated rings. The topological polar surface area (TPSA) is 12.0 Å². The monoisotopic (exact) mass is 249 g/mol. The zero-order valence-electron chi connectivity index (χ0n) is 10.0. The van der Waals surface area contributed by atoms with Crippen molar-refractivity contribution < 1.29 is 4.39 Å². The zero-order chi connectivity index (χ0) is 12.3. The van der Waals surface area contributed by atoms with Crippen molar-refractivity contribution >= 4 is 11.3 Å². The molecule has 0 radical (unpaired) electrons. The Hall–Kier alpha value is -1.19. The Morgan fingerprint density at radius 2 is 1.94 bits per heavy atom. The molecule has 1 N–H and O–H groups in total. The van der Waals surface area contributed by atoms with Crippen LogP contribution in [0.5, 0.6) is 0 Å². The first-order valence-electron chi connectivity index (χ1n) is 5.66. The number of hydrogen-bond donors (Lipinski definition) is 1. The van der Waals surface area contributed by atoms with E-state index in [1.54, 1.807) is 11.3 Å². The van der Waals surface area contributed by atoms with Crippen molar-refractivity contribution in [2.24, 2.45) is 0 Å². The molecule has 1 nitrogen and oxygen atoms in total. The van der Waals surface area contributed by atoms with Gasteiger partial charge in [0.1, 0.15) is 5.82 Å². The van der Waals surface area contributed by atoms with E-state index in [4.69, 9.17) is 0 Å². The molecule has 0 bridgehead atoms. The van der Waals surface area contributed by atoms with E-state index in [0.29, 0.717) is 6.04 Å². The Morgan fingerprint density at radius 1 is 1.24 bits per heavy atom. The standard InChI is InChI=1S/C14H16FNS/c1-10-7-8-17-14(10)13(16-2)9-11-3-5-12(15)6-4-11/h3-8,13,16H,9H2,1-2H3. The van der Waals surface area contributed by atoms with Crippen molar-refractivity contribution in [2.45, 2.75) is 19.4 Å². The van der Waals surface area contributed by atoms with E-state index in [1.807, 2.05) is 19.2 Å². The van der Waals surface area contributed by atoms with Gasteiger partial charge in [-0.3, -0.25) is 0 Å². The van der Waals surface area contributed by atoms with Gasteiger partial charge in [0.05, 0.1) is 0 Å². The van der Waals surface area contributed by atoms with E-state index in [9.17, 15) is 4.39 Å². The van der Waals surface area contributed by atoms with Crippen LogP contribution >= 0.6 is 11.3 Å². The lowest BCUT2D eigenvalue weighted by Crippen LogP contribution is -2.18. The first-order chi connectivity index (χ1) is 8.20. The fraction of sp³-hybridized carbons (Fsp3) is 0.286. The van der Waals surface area contributed by atoms with Crippen molar-refractivity contribution in [3.8, 4) is 0 Å². The minimum Gasteiger partial charge on any atom is -0.312 e. The lowest BCUT2D eigenvalue weighted by Gasteiger charge is -2.16. The van der Waals surface area contributed by atoms with Gasteiger partial charge in [0, 0.05) is 10.9 Å². The molecule has 1 atom stereocenters. The third-order valence-corrected chi connectivity index (χ3v) is 4.05. The molecular weight excluding hydrogens is 233 g/mol. The predicted molar refractivity (Wildman–Crippen MR) is 71.0 cm³/mol. The number of benzene rings is 1. The molecule has 0 amide bonds. The molecule has 2 aromatic rings. The van der Waals surface area contributed by atoms with E-state index in [2.05, 4.69) is 23.7 Å². The third kappa shape index (κ3) is 2.93. The summed E-state index contributed by atoms with van der Waals surface area (Å²) < 4.78 is 12.8. The van der Waals surface area contributed by atoms with Gasteiger partial charge in [-0.15, -0.1) is 11.3 Å². The zero-order valence-corrected chi connectivity index (χ0v) is 10.9. The van der Waals surface area contributed by atoms with Crippen LogP contribution in [0.1, 0.15) is 22.0 Å². The van der Waals surface area contributed by atoms with Gasteiger partial charge in [0.2, 0.25) is 0 Å². The van der Waals surface area contributed by atoms with Crippen LogP contribution in [-0.2, 0) is 6.42 Å². The molecule has 0 aliphatic rings. The van der Waals surface area contributed by atoms with Crippen LogP contribution in [-0.4, -0.2) is 7.05 Å². The number of rotatable bonds is 4. The maximum atomic E-state index is 12.8. The number of hydrogen-bond acceptors (Lipinski definition) is 2. The molecule has 1 unspecified atom stereocenters. The molecule has 1 aromatic heterocycles. The maximum Gasteiger partial charge on any atom is 0.123 e. The Morgan fingerprint density at radius 3 is 2.47 bits per heavy atom. The Labute approximate surface area is 105 Å². The third-order valence-electron chi connectivity index (χ3n) is 2.92. The number of thiophene rings is 1. The summed E-state index contributed by atoms with van der Waals surface area (Å²) in [6, 6.07) is 9.17. The minimum atomic E-state index is -0.179. The molecule has 0 aliphatic heterocycles. The summed E-state index contributed by atoms with van der Waals surface area (Å²) in [6.45, 7) is 2.13. The van der Waals surface area contributed by atoms with Crippen LogP contribution in [0.3, 0.4) is 0 Å². The summed E-state index contributed by atoms with van der Waals surface area (Å²) in [5.74, 6) is -0.179. The molecule has 0 saturated heterocycles. The fourth-order valence-electron chi connectivity index (χ4n) is 1.92. The second kappa shape index (κ2) is 5.43. The summed E-state index contributed by atoms with van der Waals surface area (Å²) >= 11 is 1.77.